The first-order valence-corrected chi connectivity index (χ1v) is 4.48. The number of benzene rings is 1. The third-order valence-corrected chi connectivity index (χ3v) is 2.09. The molecule has 1 atom stereocenters. The van der Waals surface area contributed by atoms with Gasteiger partial charge in [0.1, 0.15) is 0 Å². The van der Waals surface area contributed by atoms with E-state index in [0.29, 0.717) is 18.5 Å². The predicted octanol–water partition coefficient (Wildman–Crippen LogP) is 1.60. The summed E-state index contributed by atoms with van der Waals surface area (Å²) < 4.78 is 18.5. The number of nitrogens with two attached hydrogens (primary N) is 2. The molecule has 1 aromatic carbocycles. The van der Waals surface area contributed by atoms with Crippen molar-refractivity contribution >= 4 is 12.4 Å². The summed E-state index contributed by atoms with van der Waals surface area (Å²) in [4.78, 5) is 0. The molecule has 1 rings (SSSR count). The molecule has 0 spiro atoms. The van der Waals surface area contributed by atoms with Crippen LogP contribution in [0.5, 0.6) is 5.75 Å². The van der Waals surface area contributed by atoms with Crippen LogP contribution in [0.3, 0.4) is 0 Å². The fraction of sp³-hybridized carbons (Fsp3) is 0.400. The Kier molecular flexibility index (Phi) is 6.24. The standard InChI is InChI=1S/C10H15FN2O.ClH/c1-14-9-4-2-3-7(10(9)11)8(13)5-6-12;/h2-4,8H,5-6,12-13H2,1H3;1H/t8-;/m1./s1. The van der Waals surface area contributed by atoms with E-state index in [1.54, 1.807) is 18.2 Å². The van der Waals surface area contributed by atoms with E-state index in [0.717, 1.165) is 0 Å². The van der Waals surface area contributed by atoms with Crippen LogP contribution in [0, 0.1) is 5.82 Å². The van der Waals surface area contributed by atoms with Crippen molar-refractivity contribution in [3.05, 3.63) is 29.6 Å². The summed E-state index contributed by atoms with van der Waals surface area (Å²) in [7, 11) is 1.43. The third kappa shape index (κ3) is 3.34. The zero-order chi connectivity index (χ0) is 10.6. The molecule has 0 aliphatic rings. The van der Waals surface area contributed by atoms with Crippen LogP contribution in [0.2, 0.25) is 0 Å². The van der Waals surface area contributed by atoms with E-state index in [1.165, 1.54) is 7.11 Å². The molecule has 15 heavy (non-hydrogen) atoms. The van der Waals surface area contributed by atoms with Crippen molar-refractivity contribution in [2.75, 3.05) is 13.7 Å². The molecule has 86 valence electrons. The Morgan fingerprint density at radius 2 is 2.13 bits per heavy atom. The Hall–Kier alpha value is -0.840. The molecule has 0 saturated heterocycles. The molecule has 0 aliphatic carbocycles. The minimum atomic E-state index is -0.393. The fourth-order valence-electron chi connectivity index (χ4n) is 1.31. The first-order chi connectivity index (χ1) is 6.70. The molecule has 0 amide bonds. The van der Waals surface area contributed by atoms with Crippen molar-refractivity contribution in [3.8, 4) is 5.75 Å². The molecule has 0 radical (unpaired) electrons. The van der Waals surface area contributed by atoms with Gasteiger partial charge in [0.2, 0.25) is 0 Å². The predicted molar refractivity (Wildman–Crippen MR) is 60.8 cm³/mol. The molecule has 0 bridgehead atoms. The molecule has 4 N–H and O–H groups in total. The highest BCUT2D eigenvalue weighted by atomic mass is 35.5. The molecule has 0 heterocycles. The van der Waals surface area contributed by atoms with Gasteiger partial charge in [0.15, 0.2) is 11.6 Å². The van der Waals surface area contributed by atoms with Gasteiger partial charge in [0.25, 0.3) is 0 Å². The zero-order valence-electron chi connectivity index (χ0n) is 8.57. The maximum atomic E-state index is 13.6. The van der Waals surface area contributed by atoms with Gasteiger partial charge in [0, 0.05) is 11.6 Å². The van der Waals surface area contributed by atoms with Crippen LogP contribution in [0.25, 0.3) is 0 Å². The molecule has 3 nitrogen and oxygen atoms in total. The van der Waals surface area contributed by atoms with Gasteiger partial charge in [0.05, 0.1) is 7.11 Å². The second-order valence-electron chi connectivity index (χ2n) is 3.05. The van der Waals surface area contributed by atoms with Crippen molar-refractivity contribution < 1.29 is 9.13 Å². The molecule has 0 aliphatic heterocycles. The van der Waals surface area contributed by atoms with Crippen molar-refractivity contribution in [3.63, 3.8) is 0 Å². The number of halogens is 2. The van der Waals surface area contributed by atoms with Gasteiger partial charge in [-0.25, -0.2) is 4.39 Å². The van der Waals surface area contributed by atoms with Crippen molar-refractivity contribution in [1.29, 1.82) is 0 Å². The quantitative estimate of drug-likeness (QED) is 0.832. The topological polar surface area (TPSA) is 61.3 Å². The van der Waals surface area contributed by atoms with Crippen molar-refractivity contribution in [2.45, 2.75) is 12.5 Å². The van der Waals surface area contributed by atoms with Crippen LogP contribution in [-0.4, -0.2) is 13.7 Å². The Balaban J connectivity index is 0.00000196. The summed E-state index contributed by atoms with van der Waals surface area (Å²) in [5.41, 5.74) is 11.6. The highest BCUT2D eigenvalue weighted by Gasteiger charge is 2.13. The molecular formula is C10H16ClFN2O. The van der Waals surface area contributed by atoms with E-state index in [-0.39, 0.29) is 24.2 Å². The van der Waals surface area contributed by atoms with Crippen LogP contribution in [0.4, 0.5) is 4.39 Å². The second kappa shape index (κ2) is 6.61. The lowest BCUT2D eigenvalue weighted by atomic mass is 10.0. The lowest BCUT2D eigenvalue weighted by Crippen LogP contribution is -2.16. The van der Waals surface area contributed by atoms with Gasteiger partial charge in [-0.05, 0) is 19.0 Å². The Bertz CT molecular complexity index is 309. The smallest absolute Gasteiger partial charge is 0.169 e. The lowest BCUT2D eigenvalue weighted by Gasteiger charge is -2.13. The van der Waals surface area contributed by atoms with E-state index < -0.39 is 5.82 Å². The van der Waals surface area contributed by atoms with Gasteiger partial charge < -0.3 is 16.2 Å². The number of hydrogen-bond acceptors (Lipinski definition) is 3. The average Bonchev–Trinajstić information content (AvgIpc) is 2.18. The first-order valence-electron chi connectivity index (χ1n) is 4.48. The van der Waals surface area contributed by atoms with Crippen molar-refractivity contribution in [1.82, 2.24) is 0 Å². The highest BCUT2D eigenvalue weighted by molar-refractivity contribution is 5.85. The van der Waals surface area contributed by atoms with E-state index >= 15 is 0 Å². The van der Waals surface area contributed by atoms with E-state index in [9.17, 15) is 4.39 Å². The molecule has 1 aromatic rings. The minimum Gasteiger partial charge on any atom is -0.494 e. The van der Waals surface area contributed by atoms with E-state index in [4.69, 9.17) is 16.2 Å². The number of methoxy groups -OCH3 is 1. The molecular weight excluding hydrogens is 219 g/mol. The fourth-order valence-corrected chi connectivity index (χ4v) is 1.31. The van der Waals surface area contributed by atoms with E-state index in [2.05, 4.69) is 0 Å². The highest BCUT2D eigenvalue weighted by Crippen LogP contribution is 2.24. The zero-order valence-corrected chi connectivity index (χ0v) is 9.39. The van der Waals surface area contributed by atoms with E-state index in [1.807, 2.05) is 0 Å². The van der Waals surface area contributed by atoms with Crippen molar-refractivity contribution in [2.24, 2.45) is 11.5 Å². The van der Waals surface area contributed by atoms with Crippen LogP contribution >= 0.6 is 12.4 Å². The monoisotopic (exact) mass is 234 g/mol. The minimum absolute atomic E-state index is 0. The number of hydrogen-bond donors (Lipinski definition) is 2. The number of ether oxygens (including phenoxy) is 1. The Labute approximate surface area is 95.0 Å². The second-order valence-corrected chi connectivity index (χ2v) is 3.05. The summed E-state index contributed by atoms with van der Waals surface area (Å²) in [5.74, 6) is -0.175. The average molecular weight is 235 g/mol. The maximum absolute atomic E-state index is 13.6. The molecule has 0 fully saturated rings. The molecule has 0 aromatic heterocycles. The van der Waals surface area contributed by atoms with Gasteiger partial charge >= 0.3 is 0 Å². The van der Waals surface area contributed by atoms with Gasteiger partial charge in [-0.15, -0.1) is 12.4 Å². The summed E-state index contributed by atoms with van der Waals surface area (Å²) in [6.07, 6.45) is 0.560. The SMILES string of the molecule is COc1cccc([C@H](N)CCN)c1F.Cl. The largest absolute Gasteiger partial charge is 0.494 e. The first kappa shape index (κ1) is 14.2. The van der Waals surface area contributed by atoms with Crippen LogP contribution in [0.15, 0.2) is 18.2 Å². The summed E-state index contributed by atoms with van der Waals surface area (Å²) in [6.45, 7) is 0.442. The van der Waals surface area contributed by atoms with Crippen LogP contribution in [0.1, 0.15) is 18.0 Å². The molecule has 0 saturated carbocycles. The molecule has 5 heteroatoms. The molecule has 0 unspecified atom stereocenters. The Morgan fingerprint density at radius 1 is 1.47 bits per heavy atom. The van der Waals surface area contributed by atoms with Crippen LogP contribution < -0.4 is 16.2 Å². The summed E-state index contributed by atoms with van der Waals surface area (Å²) in [5, 5.41) is 0. The lowest BCUT2D eigenvalue weighted by molar-refractivity contribution is 0.382. The Morgan fingerprint density at radius 3 is 2.67 bits per heavy atom. The normalized spacial score (nSPS) is 11.7. The maximum Gasteiger partial charge on any atom is 0.169 e. The number of rotatable bonds is 4. The van der Waals surface area contributed by atoms with Gasteiger partial charge in [-0.2, -0.15) is 0 Å². The van der Waals surface area contributed by atoms with Gasteiger partial charge in [-0.3, -0.25) is 0 Å². The van der Waals surface area contributed by atoms with Crippen LogP contribution in [-0.2, 0) is 0 Å². The van der Waals surface area contributed by atoms with Gasteiger partial charge in [-0.1, -0.05) is 12.1 Å². The third-order valence-electron chi connectivity index (χ3n) is 2.09. The summed E-state index contributed by atoms with van der Waals surface area (Å²) >= 11 is 0. The summed E-state index contributed by atoms with van der Waals surface area (Å²) in [6, 6.07) is 4.56.